The molecule has 1 saturated heterocycles. The number of rotatable bonds is 6. The Morgan fingerprint density at radius 1 is 1.06 bits per heavy atom. The molecule has 2 aromatic rings. The number of alkyl carbamates (subject to hydrolysis) is 1. The summed E-state index contributed by atoms with van der Waals surface area (Å²) in [6.07, 6.45) is -1.39. The Bertz CT molecular complexity index is 1080. The highest BCUT2D eigenvalue weighted by Crippen LogP contribution is 2.44. The van der Waals surface area contributed by atoms with Crippen molar-refractivity contribution in [3.8, 4) is 11.1 Å². The lowest BCUT2D eigenvalue weighted by molar-refractivity contribution is -0.149. The minimum Gasteiger partial charge on any atom is -0.480 e. The Morgan fingerprint density at radius 3 is 2.17 bits per heavy atom. The van der Waals surface area contributed by atoms with Gasteiger partial charge in [0.05, 0.1) is 6.10 Å². The molecule has 3 atom stereocenters. The summed E-state index contributed by atoms with van der Waals surface area (Å²) in [5.74, 6) is -1.82. The van der Waals surface area contributed by atoms with Crippen molar-refractivity contribution in [2.75, 3.05) is 13.2 Å². The number of carbonyl (C=O) groups is 3. The van der Waals surface area contributed by atoms with E-state index in [4.69, 9.17) is 4.74 Å². The van der Waals surface area contributed by atoms with Gasteiger partial charge in [-0.1, -0.05) is 69.3 Å². The normalized spacial score (nSPS) is 20.2. The van der Waals surface area contributed by atoms with Gasteiger partial charge < -0.3 is 25.2 Å². The van der Waals surface area contributed by atoms with Crippen LogP contribution in [0.4, 0.5) is 4.79 Å². The molecular formula is C27H32N2O6. The Labute approximate surface area is 204 Å². The quantitative estimate of drug-likeness (QED) is 0.584. The van der Waals surface area contributed by atoms with Gasteiger partial charge in [-0.05, 0) is 34.1 Å². The molecule has 4 rings (SSSR count). The van der Waals surface area contributed by atoms with E-state index in [0.717, 1.165) is 27.2 Å². The molecule has 1 heterocycles. The highest BCUT2D eigenvalue weighted by molar-refractivity contribution is 5.90. The fourth-order valence-corrected chi connectivity index (χ4v) is 5.09. The van der Waals surface area contributed by atoms with Crippen molar-refractivity contribution in [2.45, 2.75) is 57.7 Å². The van der Waals surface area contributed by atoms with Crippen LogP contribution in [0.5, 0.6) is 0 Å². The smallest absolute Gasteiger partial charge is 0.407 e. The lowest BCUT2D eigenvalue weighted by Crippen LogP contribution is -2.53. The number of amides is 2. The number of β-amino-alcohol motifs (C(OH)–C–C–N with tert-alkyl or cyclic N) is 1. The molecule has 8 heteroatoms. The van der Waals surface area contributed by atoms with Gasteiger partial charge in [0.1, 0.15) is 18.7 Å². The van der Waals surface area contributed by atoms with E-state index in [1.54, 1.807) is 0 Å². The van der Waals surface area contributed by atoms with E-state index >= 15 is 0 Å². The van der Waals surface area contributed by atoms with Crippen molar-refractivity contribution in [2.24, 2.45) is 5.41 Å². The number of aliphatic carboxylic acids is 1. The number of nitrogens with zero attached hydrogens (tertiary/aromatic N) is 1. The number of carboxylic acids is 1. The number of carboxylic acid groups (broad SMARTS) is 1. The van der Waals surface area contributed by atoms with E-state index in [-0.39, 0.29) is 37.3 Å². The van der Waals surface area contributed by atoms with Crippen LogP contribution in [-0.2, 0) is 14.3 Å². The van der Waals surface area contributed by atoms with E-state index in [2.05, 4.69) is 17.4 Å². The van der Waals surface area contributed by atoms with Crippen LogP contribution < -0.4 is 5.32 Å². The van der Waals surface area contributed by atoms with E-state index in [1.807, 2.05) is 57.2 Å². The van der Waals surface area contributed by atoms with Crippen molar-refractivity contribution in [3.63, 3.8) is 0 Å². The van der Waals surface area contributed by atoms with Gasteiger partial charge >= 0.3 is 12.1 Å². The molecule has 8 nitrogen and oxygen atoms in total. The zero-order chi connectivity index (χ0) is 25.3. The highest BCUT2D eigenvalue weighted by atomic mass is 16.5. The second-order valence-corrected chi connectivity index (χ2v) is 10.5. The summed E-state index contributed by atoms with van der Waals surface area (Å²) in [5, 5.41) is 22.1. The van der Waals surface area contributed by atoms with Crippen LogP contribution in [0.2, 0.25) is 0 Å². The fraction of sp³-hybridized carbons (Fsp3) is 0.444. The number of likely N-dealkylation sites (tertiary alicyclic amines) is 1. The first kappa shape index (κ1) is 24.7. The van der Waals surface area contributed by atoms with Gasteiger partial charge in [0.15, 0.2) is 0 Å². The molecule has 0 saturated carbocycles. The Morgan fingerprint density at radius 2 is 1.63 bits per heavy atom. The van der Waals surface area contributed by atoms with Crippen molar-refractivity contribution in [3.05, 3.63) is 59.7 Å². The van der Waals surface area contributed by atoms with Crippen molar-refractivity contribution >= 4 is 18.0 Å². The molecule has 0 bridgehead atoms. The van der Waals surface area contributed by atoms with Crippen LogP contribution in [-0.4, -0.2) is 64.4 Å². The van der Waals surface area contributed by atoms with Crippen LogP contribution in [0.25, 0.3) is 11.1 Å². The summed E-state index contributed by atoms with van der Waals surface area (Å²) in [6.45, 7) is 5.82. The van der Waals surface area contributed by atoms with Crippen LogP contribution in [0.1, 0.15) is 50.7 Å². The molecule has 35 heavy (non-hydrogen) atoms. The Balaban J connectivity index is 1.47. The number of benzene rings is 2. The second kappa shape index (κ2) is 9.70. The average molecular weight is 481 g/mol. The van der Waals surface area contributed by atoms with Gasteiger partial charge in [0, 0.05) is 18.9 Å². The molecular weight excluding hydrogens is 448 g/mol. The summed E-state index contributed by atoms with van der Waals surface area (Å²) in [6, 6.07) is 13.9. The molecule has 2 aliphatic rings. The third-order valence-electron chi connectivity index (χ3n) is 6.60. The number of hydrogen-bond acceptors (Lipinski definition) is 5. The predicted octanol–water partition coefficient (Wildman–Crippen LogP) is 3.38. The first-order valence-electron chi connectivity index (χ1n) is 11.9. The summed E-state index contributed by atoms with van der Waals surface area (Å²) >= 11 is 0. The van der Waals surface area contributed by atoms with E-state index < -0.39 is 36.2 Å². The summed E-state index contributed by atoms with van der Waals surface area (Å²) < 4.78 is 5.61. The maximum atomic E-state index is 13.3. The molecule has 2 amide bonds. The van der Waals surface area contributed by atoms with Crippen molar-refractivity contribution in [1.29, 1.82) is 0 Å². The highest BCUT2D eigenvalue weighted by Gasteiger charge is 2.42. The zero-order valence-corrected chi connectivity index (χ0v) is 20.2. The zero-order valence-electron chi connectivity index (χ0n) is 20.2. The Hall–Kier alpha value is -3.39. The topological polar surface area (TPSA) is 116 Å². The van der Waals surface area contributed by atoms with Gasteiger partial charge in [-0.3, -0.25) is 4.79 Å². The standard InChI is InChI=1S/C27H32N2O6/c1-27(2,3)13-22(24(31)29-14-16(30)12-23(29)25(32)33)28-26(34)35-15-21-19-10-6-4-8-17(19)18-9-5-7-11-20(18)21/h4-11,16,21-23,30H,12-15H2,1-3H3,(H,28,34)(H,32,33). The molecule has 3 N–H and O–H groups in total. The molecule has 1 aliphatic heterocycles. The summed E-state index contributed by atoms with van der Waals surface area (Å²) in [4.78, 5) is 38.9. The predicted molar refractivity (Wildman–Crippen MR) is 130 cm³/mol. The molecule has 2 aromatic carbocycles. The third kappa shape index (κ3) is 5.32. The third-order valence-corrected chi connectivity index (χ3v) is 6.60. The number of aliphatic hydroxyl groups is 1. The largest absolute Gasteiger partial charge is 0.480 e. The number of hydrogen-bond donors (Lipinski definition) is 3. The van der Waals surface area contributed by atoms with Gasteiger partial charge in [-0.25, -0.2) is 9.59 Å². The lowest BCUT2D eigenvalue weighted by atomic mass is 9.87. The molecule has 1 fully saturated rings. The van der Waals surface area contributed by atoms with Gasteiger partial charge in [-0.15, -0.1) is 0 Å². The summed E-state index contributed by atoms with van der Waals surface area (Å²) in [7, 11) is 0. The van der Waals surface area contributed by atoms with Crippen LogP contribution in [0.3, 0.4) is 0 Å². The van der Waals surface area contributed by atoms with Crippen molar-refractivity contribution < 1.29 is 29.3 Å². The van der Waals surface area contributed by atoms with Gasteiger partial charge in [0.2, 0.25) is 5.91 Å². The van der Waals surface area contributed by atoms with E-state index in [0.29, 0.717) is 0 Å². The average Bonchev–Trinajstić information content (AvgIpc) is 3.34. The molecule has 1 aliphatic carbocycles. The number of carbonyl (C=O) groups excluding carboxylic acids is 2. The number of nitrogens with one attached hydrogen (secondary N) is 1. The first-order chi connectivity index (χ1) is 16.5. The number of fused-ring (bicyclic) bond motifs is 3. The monoisotopic (exact) mass is 480 g/mol. The minimum atomic E-state index is -1.18. The first-order valence-corrected chi connectivity index (χ1v) is 11.9. The van der Waals surface area contributed by atoms with Crippen LogP contribution in [0.15, 0.2) is 48.5 Å². The van der Waals surface area contributed by atoms with E-state index in [1.165, 1.54) is 0 Å². The van der Waals surface area contributed by atoms with E-state index in [9.17, 15) is 24.6 Å². The minimum absolute atomic E-state index is 0.0335. The molecule has 0 radical (unpaired) electrons. The van der Waals surface area contributed by atoms with Gasteiger partial charge in [-0.2, -0.15) is 0 Å². The number of ether oxygens (including phenoxy) is 1. The summed E-state index contributed by atoms with van der Waals surface area (Å²) in [5.41, 5.74) is 4.07. The van der Waals surface area contributed by atoms with Crippen LogP contribution in [0, 0.1) is 5.41 Å². The molecule has 0 spiro atoms. The lowest BCUT2D eigenvalue weighted by Gasteiger charge is -2.31. The maximum absolute atomic E-state index is 13.3. The second-order valence-electron chi connectivity index (χ2n) is 10.5. The molecule has 186 valence electrons. The van der Waals surface area contributed by atoms with Crippen LogP contribution >= 0.6 is 0 Å². The maximum Gasteiger partial charge on any atom is 0.407 e. The van der Waals surface area contributed by atoms with Crippen molar-refractivity contribution in [1.82, 2.24) is 10.2 Å². The Kier molecular flexibility index (Phi) is 6.85. The molecule has 3 unspecified atom stereocenters. The SMILES string of the molecule is CC(C)(C)CC(NC(=O)OCC1c2ccccc2-c2ccccc21)C(=O)N1CC(O)CC1C(=O)O. The van der Waals surface area contributed by atoms with Gasteiger partial charge in [0.25, 0.3) is 0 Å². The molecule has 0 aromatic heterocycles. The number of aliphatic hydroxyl groups excluding tert-OH is 1. The fourth-order valence-electron chi connectivity index (χ4n) is 5.09.